The second-order valence-corrected chi connectivity index (χ2v) is 11.3. The summed E-state index contributed by atoms with van der Waals surface area (Å²) in [5.74, 6) is -1.56. The number of amides is 3. The number of rotatable bonds is 8. The number of benzene rings is 2. The molecule has 9 heteroatoms. The SMILES string of the molecule is CN(C(=O)O)C(=O)NC(Cc1cc(F)cc(F)c1)C(O)CNC1(c2cccc(C(C)(C)C)c2)CCCCC1. The van der Waals surface area contributed by atoms with E-state index >= 15 is 0 Å². The summed E-state index contributed by atoms with van der Waals surface area (Å²) in [4.78, 5) is 24.2. The van der Waals surface area contributed by atoms with Crippen molar-refractivity contribution >= 4 is 12.1 Å². The lowest BCUT2D eigenvalue weighted by molar-refractivity contribution is 0.101. The standard InChI is InChI=1S/C29H39F2N3O4/c1-28(2,3)20-9-8-10-21(16-20)29(11-6-5-7-12-29)32-18-25(35)24(33-26(36)34(4)27(37)38)15-19-13-22(30)17-23(31)14-19/h8-10,13-14,16-17,24-25,32,35H,5-7,11-12,15,18H2,1-4H3,(H,33,36)(H,37,38). The largest absolute Gasteiger partial charge is 0.465 e. The van der Waals surface area contributed by atoms with Gasteiger partial charge in [0.05, 0.1) is 12.1 Å². The summed E-state index contributed by atoms with van der Waals surface area (Å²) >= 11 is 0. The molecule has 3 rings (SSSR count). The van der Waals surface area contributed by atoms with Gasteiger partial charge in [0, 0.05) is 25.2 Å². The molecule has 1 aliphatic carbocycles. The quantitative estimate of drug-likeness (QED) is 0.370. The molecular formula is C29H39F2N3O4. The number of hydrogen-bond acceptors (Lipinski definition) is 4. The molecule has 2 atom stereocenters. The van der Waals surface area contributed by atoms with E-state index in [1.54, 1.807) is 0 Å². The number of carbonyl (C=O) groups is 2. The van der Waals surface area contributed by atoms with Crippen molar-refractivity contribution in [2.45, 2.75) is 82.4 Å². The number of carbonyl (C=O) groups excluding carboxylic acids is 1. The van der Waals surface area contributed by atoms with Crippen LogP contribution in [0.1, 0.15) is 69.6 Å². The Morgan fingerprint density at radius 3 is 2.26 bits per heavy atom. The van der Waals surface area contributed by atoms with Crippen LogP contribution < -0.4 is 10.6 Å². The molecule has 0 aliphatic heterocycles. The first-order valence-corrected chi connectivity index (χ1v) is 13.1. The van der Waals surface area contributed by atoms with Gasteiger partial charge in [-0.15, -0.1) is 0 Å². The van der Waals surface area contributed by atoms with Crippen molar-refractivity contribution < 1.29 is 28.6 Å². The van der Waals surface area contributed by atoms with E-state index in [1.165, 1.54) is 5.56 Å². The number of nitrogens with one attached hydrogen (secondary N) is 2. The first-order chi connectivity index (χ1) is 17.8. The zero-order chi connectivity index (χ0) is 28.1. The number of nitrogens with zero attached hydrogens (tertiary/aromatic N) is 1. The van der Waals surface area contributed by atoms with Gasteiger partial charge < -0.3 is 20.8 Å². The van der Waals surface area contributed by atoms with Crippen molar-refractivity contribution in [3.63, 3.8) is 0 Å². The molecule has 1 fully saturated rings. The zero-order valence-electron chi connectivity index (χ0n) is 22.6. The van der Waals surface area contributed by atoms with Gasteiger partial charge in [-0.1, -0.05) is 64.3 Å². The van der Waals surface area contributed by atoms with Gasteiger partial charge in [0.15, 0.2) is 0 Å². The van der Waals surface area contributed by atoms with Crippen molar-refractivity contribution in [3.05, 3.63) is 70.8 Å². The van der Waals surface area contributed by atoms with E-state index in [2.05, 4.69) is 49.6 Å². The Bertz CT molecular complexity index is 1110. The molecule has 1 saturated carbocycles. The van der Waals surface area contributed by atoms with Crippen LogP contribution in [0.5, 0.6) is 0 Å². The van der Waals surface area contributed by atoms with Gasteiger partial charge in [-0.05, 0) is 53.5 Å². The van der Waals surface area contributed by atoms with Gasteiger partial charge in [0.2, 0.25) is 0 Å². The molecule has 7 nitrogen and oxygen atoms in total. The van der Waals surface area contributed by atoms with Crippen LogP contribution in [-0.4, -0.2) is 53.0 Å². The maximum absolute atomic E-state index is 13.8. The summed E-state index contributed by atoms with van der Waals surface area (Å²) in [6, 6.07) is 9.52. The predicted molar refractivity (Wildman–Crippen MR) is 142 cm³/mol. The molecule has 0 heterocycles. The van der Waals surface area contributed by atoms with Crippen LogP contribution in [0, 0.1) is 11.6 Å². The van der Waals surface area contributed by atoms with Crippen molar-refractivity contribution in [2.75, 3.05) is 13.6 Å². The van der Waals surface area contributed by atoms with E-state index < -0.39 is 35.9 Å². The van der Waals surface area contributed by atoms with Crippen LogP contribution in [0.15, 0.2) is 42.5 Å². The summed E-state index contributed by atoms with van der Waals surface area (Å²) in [5.41, 5.74) is 2.16. The Hall–Kier alpha value is -3.04. The fourth-order valence-electron chi connectivity index (χ4n) is 5.06. The van der Waals surface area contributed by atoms with Crippen molar-refractivity contribution in [2.24, 2.45) is 0 Å². The van der Waals surface area contributed by atoms with Gasteiger partial charge in [-0.2, -0.15) is 0 Å². The van der Waals surface area contributed by atoms with Crippen molar-refractivity contribution in [1.29, 1.82) is 0 Å². The number of imide groups is 1. The minimum atomic E-state index is -1.47. The molecule has 2 unspecified atom stereocenters. The molecular weight excluding hydrogens is 492 g/mol. The Balaban J connectivity index is 1.85. The van der Waals surface area contributed by atoms with Crippen LogP contribution in [0.4, 0.5) is 18.4 Å². The number of aliphatic hydroxyl groups is 1. The van der Waals surface area contributed by atoms with Gasteiger partial charge in [-0.3, -0.25) is 0 Å². The first-order valence-electron chi connectivity index (χ1n) is 13.1. The maximum Gasteiger partial charge on any atom is 0.415 e. The Morgan fingerprint density at radius 2 is 1.68 bits per heavy atom. The third-order valence-electron chi connectivity index (χ3n) is 7.38. The van der Waals surface area contributed by atoms with Crippen LogP contribution in [-0.2, 0) is 17.4 Å². The molecule has 0 bridgehead atoms. The molecule has 38 heavy (non-hydrogen) atoms. The Kier molecular flexibility index (Phi) is 9.49. The number of aliphatic hydroxyl groups excluding tert-OH is 1. The van der Waals surface area contributed by atoms with Crippen LogP contribution >= 0.6 is 0 Å². The molecule has 0 saturated heterocycles. The number of urea groups is 1. The molecule has 1 aliphatic rings. The normalized spacial score (nSPS) is 16.9. The molecule has 0 aromatic heterocycles. The second kappa shape index (κ2) is 12.2. The number of carboxylic acid groups (broad SMARTS) is 1. The van der Waals surface area contributed by atoms with Gasteiger partial charge in [0.25, 0.3) is 0 Å². The fraction of sp³-hybridized carbons (Fsp3) is 0.517. The fourth-order valence-corrected chi connectivity index (χ4v) is 5.06. The highest BCUT2D eigenvalue weighted by Crippen LogP contribution is 2.38. The highest BCUT2D eigenvalue weighted by atomic mass is 19.1. The number of hydrogen-bond donors (Lipinski definition) is 4. The van der Waals surface area contributed by atoms with Crippen molar-refractivity contribution in [3.8, 4) is 0 Å². The Morgan fingerprint density at radius 1 is 1.05 bits per heavy atom. The number of halogens is 2. The van der Waals surface area contributed by atoms with Gasteiger partial charge in [-0.25, -0.2) is 23.3 Å². The van der Waals surface area contributed by atoms with Crippen LogP contribution in [0.2, 0.25) is 0 Å². The molecule has 2 aromatic carbocycles. The summed E-state index contributed by atoms with van der Waals surface area (Å²) in [7, 11) is 1.08. The average molecular weight is 532 g/mol. The predicted octanol–water partition coefficient (Wildman–Crippen LogP) is 5.30. The molecule has 4 N–H and O–H groups in total. The monoisotopic (exact) mass is 531 g/mol. The van der Waals surface area contributed by atoms with Crippen molar-refractivity contribution in [1.82, 2.24) is 15.5 Å². The second-order valence-electron chi connectivity index (χ2n) is 11.3. The lowest BCUT2D eigenvalue weighted by Crippen LogP contribution is -2.55. The maximum atomic E-state index is 13.8. The minimum Gasteiger partial charge on any atom is -0.465 e. The van der Waals surface area contributed by atoms with E-state index in [-0.39, 0.29) is 29.5 Å². The van der Waals surface area contributed by atoms with E-state index in [0.717, 1.165) is 62.9 Å². The third-order valence-corrected chi connectivity index (χ3v) is 7.38. The summed E-state index contributed by atoms with van der Waals surface area (Å²) < 4.78 is 27.7. The van der Waals surface area contributed by atoms with E-state index in [1.807, 2.05) is 6.07 Å². The minimum absolute atomic E-state index is 0.0306. The summed E-state index contributed by atoms with van der Waals surface area (Å²) in [6.07, 6.45) is 2.19. The zero-order valence-corrected chi connectivity index (χ0v) is 22.6. The lowest BCUT2D eigenvalue weighted by atomic mass is 9.74. The first kappa shape index (κ1) is 29.5. The highest BCUT2D eigenvalue weighted by molar-refractivity contribution is 5.89. The van der Waals surface area contributed by atoms with Crippen LogP contribution in [0.25, 0.3) is 0 Å². The van der Waals surface area contributed by atoms with Crippen LogP contribution in [0.3, 0.4) is 0 Å². The molecule has 208 valence electrons. The molecule has 3 amide bonds. The van der Waals surface area contributed by atoms with E-state index in [0.29, 0.717) is 4.90 Å². The van der Waals surface area contributed by atoms with E-state index in [9.17, 15) is 28.6 Å². The van der Waals surface area contributed by atoms with Gasteiger partial charge in [0.1, 0.15) is 11.6 Å². The average Bonchev–Trinajstić information content (AvgIpc) is 2.85. The summed E-state index contributed by atoms with van der Waals surface area (Å²) in [6.45, 7) is 6.56. The topological polar surface area (TPSA) is 102 Å². The smallest absolute Gasteiger partial charge is 0.415 e. The molecule has 2 aromatic rings. The van der Waals surface area contributed by atoms with E-state index in [4.69, 9.17) is 0 Å². The third kappa shape index (κ3) is 7.51. The van der Waals surface area contributed by atoms with Gasteiger partial charge >= 0.3 is 12.1 Å². The lowest BCUT2D eigenvalue weighted by Gasteiger charge is -2.41. The summed E-state index contributed by atoms with van der Waals surface area (Å²) in [5, 5.41) is 26.5. The highest BCUT2D eigenvalue weighted by Gasteiger charge is 2.36. The molecule has 0 spiro atoms. The Labute approximate surface area is 223 Å². The molecule has 0 radical (unpaired) electrons.